The summed E-state index contributed by atoms with van der Waals surface area (Å²) in [6, 6.07) is 20.8. The van der Waals surface area contributed by atoms with E-state index in [-0.39, 0.29) is 0 Å². The number of rotatable bonds is 2. The molecule has 0 heterocycles. The quantitative estimate of drug-likeness (QED) is 0.811. The summed E-state index contributed by atoms with van der Waals surface area (Å²) in [5.74, 6) is 0. The molecule has 2 nitrogen and oxygen atoms in total. The maximum Gasteiger partial charge on any atom is 0.505 e. The van der Waals surface area contributed by atoms with Gasteiger partial charge in [0.15, 0.2) is 6.16 Å². The van der Waals surface area contributed by atoms with Crippen molar-refractivity contribution < 1.29 is 9.46 Å². The third-order valence-corrected chi connectivity index (χ3v) is 2.69. The Morgan fingerprint density at radius 3 is 1.41 bits per heavy atom. The second-order valence-corrected chi connectivity index (χ2v) is 4.74. The minimum absolute atomic E-state index is 0.370. The number of hydrogen-bond donors (Lipinski definition) is 1. The standard InChI is InChI=1S/C12H10.C2H5O2P/c1-3-7-11(8-4-1)12-9-5-2-6-10-12;1-2-5(3)4/h1-10H;2H2,1H3/p+1. The molecule has 0 radical (unpaired) electrons. The molecule has 88 valence electrons. The van der Waals surface area contributed by atoms with E-state index in [9.17, 15) is 4.57 Å². The monoisotopic (exact) mass is 247 g/mol. The van der Waals surface area contributed by atoms with Crippen LogP contribution in [0.3, 0.4) is 0 Å². The summed E-state index contributed by atoms with van der Waals surface area (Å²) in [5, 5.41) is 0. The van der Waals surface area contributed by atoms with Gasteiger partial charge in [0.25, 0.3) is 0 Å². The summed E-state index contributed by atoms with van der Waals surface area (Å²) < 4.78 is 9.52. The molecule has 0 aliphatic heterocycles. The molecule has 17 heavy (non-hydrogen) atoms. The van der Waals surface area contributed by atoms with Gasteiger partial charge in [-0.3, -0.25) is 0 Å². The summed E-state index contributed by atoms with van der Waals surface area (Å²) in [5.41, 5.74) is 2.55. The SMILES string of the molecule is CC[P+](=O)O.c1ccc(-c2ccccc2)cc1. The van der Waals surface area contributed by atoms with Gasteiger partial charge in [0.05, 0.1) is 0 Å². The van der Waals surface area contributed by atoms with E-state index >= 15 is 0 Å². The zero-order valence-corrected chi connectivity index (χ0v) is 10.7. The summed E-state index contributed by atoms with van der Waals surface area (Å²) in [4.78, 5) is 7.87. The summed E-state index contributed by atoms with van der Waals surface area (Å²) >= 11 is 0. The third kappa shape index (κ3) is 5.39. The van der Waals surface area contributed by atoms with E-state index in [1.165, 1.54) is 11.1 Å². The smallest absolute Gasteiger partial charge is 0.161 e. The van der Waals surface area contributed by atoms with Crippen LogP contribution in [-0.4, -0.2) is 11.1 Å². The predicted octanol–water partition coefficient (Wildman–Crippen LogP) is 4.09. The van der Waals surface area contributed by atoms with E-state index in [1.807, 2.05) is 12.1 Å². The average molecular weight is 247 g/mol. The predicted molar refractivity (Wildman–Crippen MR) is 72.2 cm³/mol. The summed E-state index contributed by atoms with van der Waals surface area (Å²) in [6.07, 6.45) is 0.370. The molecule has 3 heteroatoms. The van der Waals surface area contributed by atoms with E-state index in [0.29, 0.717) is 6.16 Å². The number of benzene rings is 2. The molecular weight excluding hydrogens is 231 g/mol. The van der Waals surface area contributed by atoms with Crippen LogP contribution in [-0.2, 0) is 4.57 Å². The van der Waals surface area contributed by atoms with Gasteiger partial charge < -0.3 is 0 Å². The molecule has 0 saturated heterocycles. The van der Waals surface area contributed by atoms with Crippen molar-refractivity contribution >= 4 is 8.03 Å². The summed E-state index contributed by atoms with van der Waals surface area (Å²) in [7, 11) is -1.85. The lowest BCUT2D eigenvalue weighted by molar-refractivity contribution is 0.504. The van der Waals surface area contributed by atoms with Gasteiger partial charge in [-0.1, -0.05) is 60.7 Å². The van der Waals surface area contributed by atoms with Crippen molar-refractivity contribution in [2.45, 2.75) is 6.92 Å². The third-order valence-electron chi connectivity index (χ3n) is 2.15. The first kappa shape index (κ1) is 13.6. The Morgan fingerprint density at radius 2 is 1.18 bits per heavy atom. The van der Waals surface area contributed by atoms with Crippen LogP contribution < -0.4 is 0 Å². The molecule has 0 bridgehead atoms. The molecule has 0 aliphatic carbocycles. The van der Waals surface area contributed by atoms with E-state index in [4.69, 9.17) is 4.89 Å². The zero-order chi connectivity index (χ0) is 12.5. The van der Waals surface area contributed by atoms with Crippen molar-refractivity contribution in [3.8, 4) is 11.1 Å². The highest BCUT2D eigenvalue weighted by Crippen LogP contribution is 2.17. The molecule has 0 aromatic heterocycles. The van der Waals surface area contributed by atoms with Crippen LogP contribution in [0.5, 0.6) is 0 Å². The molecule has 2 aromatic carbocycles. The molecule has 0 spiro atoms. The van der Waals surface area contributed by atoms with Crippen LogP contribution in [0.1, 0.15) is 6.92 Å². The van der Waals surface area contributed by atoms with Gasteiger partial charge in [-0.05, 0) is 22.6 Å². The zero-order valence-electron chi connectivity index (χ0n) is 9.78. The van der Waals surface area contributed by atoms with Gasteiger partial charge in [-0.25, -0.2) is 0 Å². The highest BCUT2D eigenvalue weighted by Gasteiger charge is 1.99. The Balaban J connectivity index is 0.000000249. The van der Waals surface area contributed by atoms with E-state index in [2.05, 4.69) is 48.5 Å². The maximum atomic E-state index is 9.52. The van der Waals surface area contributed by atoms with Crippen molar-refractivity contribution in [3.63, 3.8) is 0 Å². The average Bonchev–Trinajstić information content (AvgIpc) is 2.41. The first-order chi connectivity index (χ1) is 8.24. The lowest BCUT2D eigenvalue weighted by Crippen LogP contribution is -1.73. The van der Waals surface area contributed by atoms with Gasteiger partial charge in [0.1, 0.15) is 0 Å². The maximum absolute atomic E-state index is 9.52. The topological polar surface area (TPSA) is 37.3 Å². The largest absolute Gasteiger partial charge is 0.505 e. The molecule has 1 N–H and O–H groups in total. The second kappa shape index (κ2) is 7.72. The molecule has 0 saturated carbocycles. The Hall–Kier alpha value is -1.50. The van der Waals surface area contributed by atoms with Crippen molar-refractivity contribution in [2.24, 2.45) is 0 Å². The number of hydrogen-bond acceptors (Lipinski definition) is 1. The first-order valence-corrected chi connectivity index (χ1v) is 6.87. The highest BCUT2D eigenvalue weighted by molar-refractivity contribution is 7.37. The van der Waals surface area contributed by atoms with E-state index in [1.54, 1.807) is 6.92 Å². The Labute approximate surface area is 103 Å². The Kier molecular flexibility index (Phi) is 6.16. The molecule has 1 unspecified atom stereocenters. The van der Waals surface area contributed by atoms with Crippen molar-refractivity contribution in [2.75, 3.05) is 6.16 Å². The summed E-state index contributed by atoms with van der Waals surface area (Å²) in [6.45, 7) is 1.67. The first-order valence-electron chi connectivity index (χ1n) is 5.48. The molecular formula is C14H16O2P+. The Bertz CT molecular complexity index is 403. The van der Waals surface area contributed by atoms with Crippen LogP contribution in [0.25, 0.3) is 11.1 Å². The van der Waals surface area contributed by atoms with Crippen LogP contribution in [0.4, 0.5) is 0 Å². The lowest BCUT2D eigenvalue weighted by Gasteiger charge is -1.98. The fraction of sp³-hybridized carbons (Fsp3) is 0.143. The van der Waals surface area contributed by atoms with Gasteiger partial charge >= 0.3 is 8.03 Å². The van der Waals surface area contributed by atoms with Crippen LogP contribution in [0.2, 0.25) is 0 Å². The fourth-order valence-electron chi connectivity index (χ4n) is 1.26. The van der Waals surface area contributed by atoms with Gasteiger partial charge in [-0.2, -0.15) is 4.89 Å². The Morgan fingerprint density at radius 1 is 0.882 bits per heavy atom. The molecule has 2 aromatic rings. The fourth-order valence-corrected chi connectivity index (χ4v) is 1.26. The molecule has 1 atom stereocenters. The van der Waals surface area contributed by atoms with Crippen molar-refractivity contribution in [3.05, 3.63) is 60.7 Å². The van der Waals surface area contributed by atoms with Crippen LogP contribution in [0.15, 0.2) is 60.7 Å². The molecule has 0 amide bonds. The molecule has 0 aliphatic rings. The van der Waals surface area contributed by atoms with Gasteiger partial charge in [0, 0.05) is 0 Å². The molecule has 0 fully saturated rings. The second-order valence-electron chi connectivity index (χ2n) is 3.40. The van der Waals surface area contributed by atoms with Crippen molar-refractivity contribution in [1.82, 2.24) is 0 Å². The van der Waals surface area contributed by atoms with Gasteiger partial charge in [-0.15, -0.1) is 0 Å². The van der Waals surface area contributed by atoms with E-state index < -0.39 is 8.03 Å². The lowest BCUT2D eigenvalue weighted by atomic mass is 10.1. The van der Waals surface area contributed by atoms with Crippen molar-refractivity contribution in [1.29, 1.82) is 0 Å². The van der Waals surface area contributed by atoms with Crippen LogP contribution >= 0.6 is 8.03 Å². The molecule has 2 rings (SSSR count). The normalized spacial score (nSPS) is 10.1. The van der Waals surface area contributed by atoms with Crippen LogP contribution in [0, 0.1) is 0 Å². The minimum atomic E-state index is -1.85. The van der Waals surface area contributed by atoms with E-state index in [0.717, 1.165) is 0 Å². The minimum Gasteiger partial charge on any atom is -0.161 e. The highest BCUT2D eigenvalue weighted by atomic mass is 31.1. The van der Waals surface area contributed by atoms with Gasteiger partial charge in [0.2, 0.25) is 0 Å².